The fourth-order valence-electron chi connectivity index (χ4n) is 2.59. The van der Waals surface area contributed by atoms with Gasteiger partial charge in [0, 0.05) is 24.8 Å². The van der Waals surface area contributed by atoms with E-state index >= 15 is 0 Å². The van der Waals surface area contributed by atoms with Crippen LogP contribution >= 0.6 is 0 Å². The second-order valence-corrected chi connectivity index (χ2v) is 5.51. The molecule has 20 heavy (non-hydrogen) atoms. The van der Waals surface area contributed by atoms with Crippen LogP contribution in [0.5, 0.6) is 5.75 Å². The molecule has 0 atom stereocenters. The number of nitrogen functional groups attached to an aromatic ring is 1. The third kappa shape index (κ3) is 2.44. The first-order valence-corrected chi connectivity index (χ1v) is 7.01. The lowest BCUT2D eigenvalue weighted by molar-refractivity contribution is 0.244. The van der Waals surface area contributed by atoms with E-state index in [-0.39, 0.29) is 6.10 Å². The molecular weight excluding hydrogens is 248 g/mol. The van der Waals surface area contributed by atoms with Gasteiger partial charge in [0.2, 0.25) is 0 Å². The molecule has 3 rings (SSSR count). The van der Waals surface area contributed by atoms with Gasteiger partial charge in [0.15, 0.2) is 0 Å². The van der Waals surface area contributed by atoms with Gasteiger partial charge in [0.1, 0.15) is 5.75 Å². The zero-order valence-electron chi connectivity index (χ0n) is 12.0. The van der Waals surface area contributed by atoms with Crippen LogP contribution in [0.15, 0.2) is 42.5 Å². The molecular formula is C17H20N2O. The van der Waals surface area contributed by atoms with Gasteiger partial charge >= 0.3 is 0 Å². The minimum Gasteiger partial charge on any atom is -0.489 e. The number of rotatable bonds is 3. The maximum absolute atomic E-state index is 5.98. The standard InChI is InChI=1S/C17H20N2O/c1-12(2)20-17-9-15(7-8-16(17)18)19-10-13-5-3-4-6-14(13)11-19/h3-9,12H,10-11,18H2,1-2H3. The van der Waals surface area contributed by atoms with Gasteiger partial charge in [-0.2, -0.15) is 0 Å². The number of nitrogens with zero attached hydrogens (tertiary/aromatic N) is 1. The summed E-state index contributed by atoms with van der Waals surface area (Å²) in [4.78, 5) is 2.34. The van der Waals surface area contributed by atoms with Crippen molar-refractivity contribution in [3.63, 3.8) is 0 Å². The van der Waals surface area contributed by atoms with Gasteiger partial charge in [0.25, 0.3) is 0 Å². The quantitative estimate of drug-likeness (QED) is 0.865. The van der Waals surface area contributed by atoms with Crippen molar-refractivity contribution in [2.45, 2.75) is 33.0 Å². The molecule has 0 unspecified atom stereocenters. The monoisotopic (exact) mass is 268 g/mol. The molecule has 104 valence electrons. The fraction of sp³-hybridized carbons (Fsp3) is 0.294. The summed E-state index contributed by atoms with van der Waals surface area (Å²) in [6, 6.07) is 14.6. The summed E-state index contributed by atoms with van der Waals surface area (Å²) >= 11 is 0. The molecule has 0 aromatic heterocycles. The molecule has 1 aliphatic rings. The molecule has 0 bridgehead atoms. The SMILES string of the molecule is CC(C)Oc1cc(N2Cc3ccccc3C2)ccc1N. The van der Waals surface area contributed by atoms with Crippen LogP contribution in [-0.2, 0) is 13.1 Å². The number of anilines is 2. The maximum Gasteiger partial charge on any atom is 0.144 e. The number of fused-ring (bicyclic) bond motifs is 1. The molecule has 0 spiro atoms. The van der Waals surface area contributed by atoms with Gasteiger partial charge < -0.3 is 15.4 Å². The van der Waals surface area contributed by atoms with E-state index in [9.17, 15) is 0 Å². The topological polar surface area (TPSA) is 38.5 Å². The van der Waals surface area contributed by atoms with Gasteiger partial charge in [-0.25, -0.2) is 0 Å². The van der Waals surface area contributed by atoms with Crippen molar-refractivity contribution in [3.05, 3.63) is 53.6 Å². The molecule has 0 radical (unpaired) electrons. The zero-order chi connectivity index (χ0) is 14.1. The highest BCUT2D eigenvalue weighted by Crippen LogP contribution is 2.33. The van der Waals surface area contributed by atoms with Crippen LogP contribution in [-0.4, -0.2) is 6.10 Å². The van der Waals surface area contributed by atoms with E-state index in [1.54, 1.807) is 0 Å². The fourth-order valence-corrected chi connectivity index (χ4v) is 2.59. The zero-order valence-corrected chi connectivity index (χ0v) is 12.0. The average molecular weight is 268 g/mol. The van der Waals surface area contributed by atoms with E-state index in [2.05, 4.69) is 35.2 Å². The summed E-state index contributed by atoms with van der Waals surface area (Å²) in [7, 11) is 0. The summed E-state index contributed by atoms with van der Waals surface area (Å²) in [6.45, 7) is 5.91. The smallest absolute Gasteiger partial charge is 0.144 e. The highest BCUT2D eigenvalue weighted by molar-refractivity contribution is 5.63. The number of nitrogens with two attached hydrogens (primary N) is 1. The van der Waals surface area contributed by atoms with Gasteiger partial charge in [-0.1, -0.05) is 24.3 Å². The Morgan fingerprint density at radius 3 is 2.30 bits per heavy atom. The summed E-state index contributed by atoms with van der Waals surface area (Å²) in [6.07, 6.45) is 0.128. The molecule has 0 saturated carbocycles. The predicted molar refractivity (Wildman–Crippen MR) is 82.9 cm³/mol. The van der Waals surface area contributed by atoms with Crippen LogP contribution in [0.25, 0.3) is 0 Å². The molecule has 0 saturated heterocycles. The number of ether oxygens (including phenoxy) is 1. The third-order valence-corrected chi connectivity index (χ3v) is 3.57. The van der Waals surface area contributed by atoms with E-state index in [1.807, 2.05) is 26.0 Å². The minimum atomic E-state index is 0.128. The van der Waals surface area contributed by atoms with Gasteiger partial charge in [-0.15, -0.1) is 0 Å². The molecule has 0 aliphatic carbocycles. The van der Waals surface area contributed by atoms with Crippen LogP contribution in [0.2, 0.25) is 0 Å². The van der Waals surface area contributed by atoms with E-state index in [0.29, 0.717) is 5.69 Å². The van der Waals surface area contributed by atoms with Crippen molar-refractivity contribution in [2.24, 2.45) is 0 Å². The molecule has 3 nitrogen and oxygen atoms in total. The first-order chi connectivity index (χ1) is 9.63. The van der Waals surface area contributed by atoms with Crippen LogP contribution in [0.4, 0.5) is 11.4 Å². The second kappa shape index (κ2) is 5.08. The normalized spacial score (nSPS) is 13.7. The Morgan fingerprint density at radius 2 is 1.70 bits per heavy atom. The molecule has 1 heterocycles. The van der Waals surface area contributed by atoms with Crippen molar-refractivity contribution in [1.29, 1.82) is 0 Å². The van der Waals surface area contributed by atoms with Crippen molar-refractivity contribution in [3.8, 4) is 5.75 Å². The summed E-state index contributed by atoms with van der Waals surface area (Å²) in [5.74, 6) is 0.772. The van der Waals surface area contributed by atoms with Crippen LogP contribution in [0.1, 0.15) is 25.0 Å². The van der Waals surface area contributed by atoms with Crippen molar-refractivity contribution in [2.75, 3.05) is 10.6 Å². The molecule has 2 N–H and O–H groups in total. The Morgan fingerprint density at radius 1 is 1.05 bits per heavy atom. The van der Waals surface area contributed by atoms with Crippen molar-refractivity contribution < 1.29 is 4.74 Å². The molecule has 3 heteroatoms. The van der Waals surface area contributed by atoms with Crippen LogP contribution < -0.4 is 15.4 Å². The highest BCUT2D eigenvalue weighted by Gasteiger charge is 2.19. The molecule has 2 aromatic carbocycles. The van der Waals surface area contributed by atoms with E-state index in [0.717, 1.165) is 24.5 Å². The minimum absolute atomic E-state index is 0.128. The summed E-state index contributed by atoms with van der Waals surface area (Å²) in [5.41, 5.74) is 10.6. The number of hydrogen-bond donors (Lipinski definition) is 1. The van der Waals surface area contributed by atoms with Crippen LogP contribution in [0, 0.1) is 0 Å². The lowest BCUT2D eigenvalue weighted by Gasteiger charge is -2.20. The maximum atomic E-state index is 5.98. The molecule has 0 amide bonds. The Hall–Kier alpha value is -2.16. The lowest BCUT2D eigenvalue weighted by atomic mass is 10.1. The largest absolute Gasteiger partial charge is 0.489 e. The number of hydrogen-bond acceptors (Lipinski definition) is 3. The molecule has 0 fully saturated rings. The Labute approximate surface area is 120 Å². The first kappa shape index (κ1) is 12.9. The van der Waals surface area contributed by atoms with Crippen LogP contribution in [0.3, 0.4) is 0 Å². The van der Waals surface area contributed by atoms with Crippen molar-refractivity contribution in [1.82, 2.24) is 0 Å². The first-order valence-electron chi connectivity index (χ1n) is 7.01. The van der Waals surface area contributed by atoms with Crippen molar-refractivity contribution >= 4 is 11.4 Å². The molecule has 1 aliphatic heterocycles. The highest BCUT2D eigenvalue weighted by atomic mass is 16.5. The molecule has 2 aromatic rings. The summed E-state index contributed by atoms with van der Waals surface area (Å²) < 4.78 is 5.77. The average Bonchev–Trinajstić information content (AvgIpc) is 2.84. The van der Waals surface area contributed by atoms with E-state index in [1.165, 1.54) is 11.1 Å². The number of benzene rings is 2. The van der Waals surface area contributed by atoms with E-state index < -0.39 is 0 Å². The van der Waals surface area contributed by atoms with Gasteiger partial charge in [-0.05, 0) is 37.1 Å². The summed E-state index contributed by atoms with van der Waals surface area (Å²) in [5, 5.41) is 0. The Balaban J connectivity index is 1.86. The van der Waals surface area contributed by atoms with Gasteiger partial charge in [-0.3, -0.25) is 0 Å². The predicted octanol–water partition coefficient (Wildman–Crippen LogP) is 3.58. The third-order valence-electron chi connectivity index (χ3n) is 3.57. The second-order valence-electron chi connectivity index (χ2n) is 5.51. The van der Waals surface area contributed by atoms with E-state index in [4.69, 9.17) is 10.5 Å². The van der Waals surface area contributed by atoms with Gasteiger partial charge in [0.05, 0.1) is 11.8 Å². The Kier molecular flexibility index (Phi) is 3.26. The lowest BCUT2D eigenvalue weighted by Crippen LogP contribution is -2.15. The Bertz CT molecular complexity index is 597.